The fourth-order valence-corrected chi connectivity index (χ4v) is 4.82. The molecule has 0 aliphatic rings. The molecule has 0 aromatic heterocycles. The largest absolute Gasteiger partial charge is 0.269 e. The van der Waals surface area contributed by atoms with Crippen molar-refractivity contribution in [2.24, 2.45) is 0 Å². The Kier molecular flexibility index (Phi) is 7.09. The predicted octanol–water partition coefficient (Wildman–Crippen LogP) is 4.68. The van der Waals surface area contributed by atoms with Gasteiger partial charge < -0.3 is 0 Å². The van der Waals surface area contributed by atoms with Crippen LogP contribution >= 0.6 is 0 Å². The summed E-state index contributed by atoms with van der Waals surface area (Å²) in [7, 11) is -4.21. The zero-order chi connectivity index (χ0) is 22.4. The third kappa shape index (κ3) is 5.31. The molecule has 9 heteroatoms. The van der Waals surface area contributed by atoms with Gasteiger partial charge in [0.15, 0.2) is 0 Å². The van der Waals surface area contributed by atoms with Crippen molar-refractivity contribution in [3.05, 3.63) is 106 Å². The van der Waals surface area contributed by atoms with E-state index in [1.807, 2.05) is 30.3 Å². The van der Waals surface area contributed by atoms with Crippen LogP contribution in [0.4, 0.5) is 14.5 Å². The van der Waals surface area contributed by atoms with E-state index in [2.05, 4.69) is 0 Å². The lowest BCUT2D eigenvalue weighted by Crippen LogP contribution is -2.37. The van der Waals surface area contributed by atoms with Gasteiger partial charge in [-0.2, -0.15) is 4.31 Å². The van der Waals surface area contributed by atoms with Gasteiger partial charge in [-0.1, -0.05) is 42.5 Å². The number of hydrogen-bond donors (Lipinski definition) is 0. The van der Waals surface area contributed by atoms with E-state index < -0.39 is 33.5 Å². The van der Waals surface area contributed by atoms with Crippen molar-refractivity contribution in [1.29, 1.82) is 0 Å². The van der Waals surface area contributed by atoms with Crippen molar-refractivity contribution in [3.8, 4) is 0 Å². The number of nitro groups is 1. The van der Waals surface area contributed by atoms with Crippen LogP contribution in [0.5, 0.6) is 0 Å². The summed E-state index contributed by atoms with van der Waals surface area (Å²) < 4.78 is 55.3. The van der Waals surface area contributed by atoms with Crippen molar-refractivity contribution in [2.75, 3.05) is 13.2 Å². The second kappa shape index (κ2) is 9.76. The number of nitrogens with zero attached hydrogens (tertiary/aromatic N) is 2. The number of halogens is 2. The van der Waals surface area contributed by atoms with Crippen LogP contribution in [-0.2, 0) is 16.4 Å². The normalized spacial score (nSPS) is 12.6. The summed E-state index contributed by atoms with van der Waals surface area (Å²) in [6.07, 6.45) is 0.324. The molecule has 3 aromatic rings. The molecule has 31 heavy (non-hydrogen) atoms. The molecule has 0 radical (unpaired) electrons. The van der Waals surface area contributed by atoms with Crippen LogP contribution in [0.15, 0.2) is 83.8 Å². The van der Waals surface area contributed by atoms with Gasteiger partial charge in [0, 0.05) is 18.7 Å². The van der Waals surface area contributed by atoms with Crippen molar-refractivity contribution >= 4 is 15.7 Å². The number of non-ortho nitro benzene ring substituents is 1. The predicted molar refractivity (Wildman–Crippen MR) is 112 cm³/mol. The number of sulfonamides is 1. The first-order valence-corrected chi connectivity index (χ1v) is 10.9. The van der Waals surface area contributed by atoms with Crippen molar-refractivity contribution in [1.82, 2.24) is 4.31 Å². The minimum atomic E-state index is -4.21. The Morgan fingerprint density at radius 3 is 2.10 bits per heavy atom. The molecule has 1 atom stereocenters. The third-order valence-corrected chi connectivity index (χ3v) is 6.79. The van der Waals surface area contributed by atoms with Gasteiger partial charge in [-0.15, -0.1) is 0 Å². The molecule has 0 spiro atoms. The van der Waals surface area contributed by atoms with E-state index in [0.717, 1.165) is 46.3 Å². The molecule has 0 aliphatic heterocycles. The number of hydrogen-bond acceptors (Lipinski definition) is 4. The number of benzene rings is 3. The Bertz CT molecular complexity index is 1120. The highest BCUT2D eigenvalue weighted by Gasteiger charge is 2.33. The average Bonchev–Trinajstić information content (AvgIpc) is 2.78. The van der Waals surface area contributed by atoms with Gasteiger partial charge in [0.25, 0.3) is 5.69 Å². The topological polar surface area (TPSA) is 80.5 Å². The van der Waals surface area contributed by atoms with E-state index >= 15 is 0 Å². The lowest BCUT2D eigenvalue weighted by atomic mass is 10.1. The van der Waals surface area contributed by atoms with Gasteiger partial charge in [-0.05, 0) is 41.8 Å². The minimum Gasteiger partial charge on any atom is -0.258 e. The second-order valence-corrected chi connectivity index (χ2v) is 8.71. The van der Waals surface area contributed by atoms with Crippen LogP contribution in [-0.4, -0.2) is 30.9 Å². The Labute approximate surface area is 179 Å². The molecule has 0 saturated carbocycles. The van der Waals surface area contributed by atoms with Gasteiger partial charge in [-0.3, -0.25) is 10.1 Å². The zero-order valence-corrected chi connectivity index (χ0v) is 17.2. The first-order valence-electron chi connectivity index (χ1n) is 9.44. The molecular weight excluding hydrogens is 426 g/mol. The van der Waals surface area contributed by atoms with E-state index in [-0.39, 0.29) is 17.1 Å². The Balaban J connectivity index is 2.00. The van der Waals surface area contributed by atoms with E-state index in [1.54, 1.807) is 0 Å². The quantitative estimate of drug-likeness (QED) is 0.353. The van der Waals surface area contributed by atoms with Crippen LogP contribution < -0.4 is 0 Å². The molecule has 0 saturated heterocycles. The third-order valence-electron chi connectivity index (χ3n) is 4.87. The molecule has 0 amide bonds. The van der Waals surface area contributed by atoms with Crippen molar-refractivity contribution < 1.29 is 22.1 Å². The molecule has 6 nitrogen and oxygen atoms in total. The summed E-state index contributed by atoms with van der Waals surface area (Å²) in [5.41, 5.74) is 0.918. The maximum Gasteiger partial charge on any atom is 0.269 e. The van der Waals surface area contributed by atoms with Crippen molar-refractivity contribution in [3.63, 3.8) is 0 Å². The molecular formula is C22H20F2N2O4S. The highest BCUT2D eigenvalue weighted by Crippen LogP contribution is 2.30. The number of alkyl halides is 1. The molecule has 0 heterocycles. The van der Waals surface area contributed by atoms with E-state index in [4.69, 9.17) is 0 Å². The van der Waals surface area contributed by atoms with E-state index in [0.29, 0.717) is 12.0 Å². The van der Waals surface area contributed by atoms with Gasteiger partial charge in [0.05, 0.1) is 15.9 Å². The molecule has 0 aliphatic carbocycles. The Morgan fingerprint density at radius 2 is 1.55 bits per heavy atom. The SMILES string of the molecule is O=[N+]([O-])c1ccc(S(=O)(=O)N(CCc2ccccc2)C(CF)c2ccc(F)cc2)cc1. The van der Waals surface area contributed by atoms with Crippen molar-refractivity contribution in [2.45, 2.75) is 17.4 Å². The highest BCUT2D eigenvalue weighted by atomic mass is 32.2. The van der Waals surface area contributed by atoms with Crippen LogP contribution in [0.1, 0.15) is 17.2 Å². The van der Waals surface area contributed by atoms with Crippen LogP contribution in [0.25, 0.3) is 0 Å². The lowest BCUT2D eigenvalue weighted by molar-refractivity contribution is -0.384. The summed E-state index contributed by atoms with van der Waals surface area (Å²) in [4.78, 5) is 10.1. The van der Waals surface area contributed by atoms with Gasteiger partial charge in [0.1, 0.15) is 12.5 Å². The summed E-state index contributed by atoms with van der Waals surface area (Å²) in [6.45, 7) is -1.05. The van der Waals surface area contributed by atoms with Gasteiger partial charge in [-0.25, -0.2) is 17.2 Å². The lowest BCUT2D eigenvalue weighted by Gasteiger charge is -2.29. The molecule has 0 fully saturated rings. The van der Waals surface area contributed by atoms with Crippen LogP contribution in [0.2, 0.25) is 0 Å². The highest BCUT2D eigenvalue weighted by molar-refractivity contribution is 7.89. The summed E-state index contributed by atoms with van der Waals surface area (Å²) >= 11 is 0. The standard InChI is InChI=1S/C22H20F2N2O4S/c23-16-22(18-6-8-19(24)9-7-18)25(15-14-17-4-2-1-3-5-17)31(29,30)21-12-10-20(11-13-21)26(27)28/h1-13,22H,14-16H2. The average molecular weight is 446 g/mol. The molecule has 0 N–H and O–H groups in total. The Morgan fingerprint density at radius 1 is 0.935 bits per heavy atom. The molecule has 162 valence electrons. The number of rotatable bonds is 9. The van der Waals surface area contributed by atoms with E-state index in [9.17, 15) is 27.3 Å². The maximum absolute atomic E-state index is 14.1. The summed E-state index contributed by atoms with van der Waals surface area (Å²) in [5, 5.41) is 10.9. The second-order valence-electron chi connectivity index (χ2n) is 6.82. The minimum absolute atomic E-state index is 0.0324. The number of nitro benzene ring substituents is 1. The van der Waals surface area contributed by atoms with E-state index in [1.165, 1.54) is 12.1 Å². The summed E-state index contributed by atoms with van der Waals surface area (Å²) in [6, 6.07) is 17.4. The van der Waals surface area contributed by atoms with Gasteiger partial charge in [0.2, 0.25) is 10.0 Å². The zero-order valence-electron chi connectivity index (χ0n) is 16.4. The first kappa shape index (κ1) is 22.5. The first-order chi connectivity index (χ1) is 14.8. The summed E-state index contributed by atoms with van der Waals surface area (Å²) in [5.74, 6) is -0.518. The molecule has 3 aromatic carbocycles. The Hall–Kier alpha value is -3.17. The fourth-order valence-electron chi connectivity index (χ4n) is 3.22. The molecule has 0 bridgehead atoms. The smallest absolute Gasteiger partial charge is 0.258 e. The van der Waals surface area contributed by atoms with Crippen LogP contribution in [0.3, 0.4) is 0 Å². The molecule has 3 rings (SSSR count). The molecule has 1 unspecified atom stereocenters. The van der Waals surface area contributed by atoms with Crippen LogP contribution in [0, 0.1) is 15.9 Å². The fraction of sp³-hybridized carbons (Fsp3) is 0.182. The maximum atomic E-state index is 14.1. The monoisotopic (exact) mass is 446 g/mol. The van der Waals surface area contributed by atoms with Gasteiger partial charge >= 0.3 is 0 Å².